The van der Waals surface area contributed by atoms with E-state index in [4.69, 9.17) is 9.84 Å². The van der Waals surface area contributed by atoms with Gasteiger partial charge in [-0.2, -0.15) is 0 Å². The van der Waals surface area contributed by atoms with Gasteiger partial charge in [0, 0.05) is 19.7 Å². The Labute approximate surface area is 123 Å². The number of likely N-dealkylation sites (tertiary alicyclic amines) is 1. The molecule has 1 aromatic heterocycles. The number of carboxylic acid groups (broad SMARTS) is 1. The molecule has 0 bridgehead atoms. The molecule has 1 atom stereocenters. The highest BCUT2D eigenvalue weighted by Crippen LogP contribution is 2.16. The second kappa shape index (κ2) is 7.17. The van der Waals surface area contributed by atoms with Gasteiger partial charge in [-0.25, -0.2) is 9.78 Å². The number of pyridine rings is 1. The first kappa shape index (κ1) is 15.4. The molecule has 6 heteroatoms. The zero-order chi connectivity index (χ0) is 15.2. The molecule has 1 saturated heterocycles. The summed E-state index contributed by atoms with van der Waals surface area (Å²) in [6.45, 7) is 3.94. The molecule has 21 heavy (non-hydrogen) atoms. The Morgan fingerprint density at radius 1 is 1.43 bits per heavy atom. The minimum atomic E-state index is -1.13. The average molecular weight is 292 g/mol. The van der Waals surface area contributed by atoms with E-state index in [2.05, 4.69) is 4.98 Å². The van der Waals surface area contributed by atoms with Gasteiger partial charge in [-0.15, -0.1) is 0 Å². The first-order valence-electron chi connectivity index (χ1n) is 7.23. The van der Waals surface area contributed by atoms with Crippen LogP contribution in [-0.2, 0) is 4.74 Å². The van der Waals surface area contributed by atoms with E-state index in [1.165, 1.54) is 6.07 Å². The molecular weight excluding hydrogens is 272 g/mol. The van der Waals surface area contributed by atoms with Crippen LogP contribution in [0, 0.1) is 0 Å². The van der Waals surface area contributed by atoms with Crippen LogP contribution >= 0.6 is 0 Å². The van der Waals surface area contributed by atoms with E-state index >= 15 is 0 Å². The zero-order valence-electron chi connectivity index (χ0n) is 12.1. The topological polar surface area (TPSA) is 79.7 Å². The lowest BCUT2D eigenvalue weighted by Crippen LogP contribution is -2.43. The van der Waals surface area contributed by atoms with Gasteiger partial charge in [0.1, 0.15) is 11.4 Å². The Bertz CT molecular complexity index is 518. The lowest BCUT2D eigenvalue weighted by Gasteiger charge is -2.32. The highest BCUT2D eigenvalue weighted by molar-refractivity contribution is 5.94. The predicted molar refractivity (Wildman–Crippen MR) is 76.4 cm³/mol. The SMILES string of the molecule is CCCOC1CCCN(C(=O)c2cccc(C(=O)O)n2)C1. The highest BCUT2D eigenvalue weighted by Gasteiger charge is 2.25. The Morgan fingerprint density at radius 3 is 2.90 bits per heavy atom. The molecule has 0 aromatic carbocycles. The van der Waals surface area contributed by atoms with Crippen molar-refractivity contribution < 1.29 is 19.4 Å². The van der Waals surface area contributed by atoms with Crippen molar-refractivity contribution in [2.24, 2.45) is 0 Å². The van der Waals surface area contributed by atoms with Crippen LogP contribution < -0.4 is 0 Å². The Balaban J connectivity index is 2.05. The summed E-state index contributed by atoms with van der Waals surface area (Å²) in [5.41, 5.74) is 0.0580. The van der Waals surface area contributed by atoms with E-state index in [-0.39, 0.29) is 23.4 Å². The van der Waals surface area contributed by atoms with Crippen LogP contribution in [0.2, 0.25) is 0 Å². The number of carbonyl (C=O) groups excluding carboxylic acids is 1. The summed E-state index contributed by atoms with van der Waals surface area (Å²) in [5.74, 6) is -1.37. The molecule has 1 aromatic rings. The average Bonchev–Trinajstić information content (AvgIpc) is 2.52. The molecule has 1 aliphatic rings. The van der Waals surface area contributed by atoms with Gasteiger partial charge in [-0.3, -0.25) is 4.79 Å². The summed E-state index contributed by atoms with van der Waals surface area (Å²) in [6, 6.07) is 4.46. The fraction of sp³-hybridized carbons (Fsp3) is 0.533. The number of carboxylic acids is 1. The maximum Gasteiger partial charge on any atom is 0.354 e. The molecule has 2 heterocycles. The number of rotatable bonds is 5. The van der Waals surface area contributed by atoms with Gasteiger partial charge in [-0.05, 0) is 31.4 Å². The molecule has 114 valence electrons. The summed E-state index contributed by atoms with van der Waals surface area (Å²) in [4.78, 5) is 28.9. The molecule has 0 aliphatic carbocycles. The van der Waals surface area contributed by atoms with Crippen LogP contribution in [0.1, 0.15) is 47.2 Å². The Morgan fingerprint density at radius 2 is 2.19 bits per heavy atom. The molecule has 1 unspecified atom stereocenters. The third-order valence-electron chi connectivity index (χ3n) is 3.41. The van der Waals surface area contributed by atoms with Gasteiger partial charge in [0.25, 0.3) is 5.91 Å². The summed E-state index contributed by atoms with van der Waals surface area (Å²) >= 11 is 0. The summed E-state index contributed by atoms with van der Waals surface area (Å²) in [5, 5.41) is 8.93. The summed E-state index contributed by atoms with van der Waals surface area (Å²) < 4.78 is 5.70. The number of hydrogen-bond acceptors (Lipinski definition) is 4. The monoisotopic (exact) mass is 292 g/mol. The second-order valence-electron chi connectivity index (χ2n) is 5.10. The van der Waals surface area contributed by atoms with Crippen molar-refractivity contribution in [2.45, 2.75) is 32.3 Å². The Hall–Kier alpha value is -1.95. The third kappa shape index (κ3) is 4.01. The summed E-state index contributed by atoms with van der Waals surface area (Å²) in [6.07, 6.45) is 2.85. The van der Waals surface area contributed by atoms with Gasteiger partial charge in [-0.1, -0.05) is 13.0 Å². The molecule has 0 saturated carbocycles. The van der Waals surface area contributed by atoms with Gasteiger partial charge < -0.3 is 14.7 Å². The lowest BCUT2D eigenvalue weighted by molar-refractivity contribution is 0.00191. The van der Waals surface area contributed by atoms with E-state index in [9.17, 15) is 9.59 Å². The Kier molecular flexibility index (Phi) is 5.27. The van der Waals surface area contributed by atoms with Crippen LogP contribution in [0.5, 0.6) is 0 Å². The van der Waals surface area contributed by atoms with Gasteiger partial charge in [0.15, 0.2) is 0 Å². The van der Waals surface area contributed by atoms with Gasteiger partial charge in [0.2, 0.25) is 0 Å². The summed E-state index contributed by atoms with van der Waals surface area (Å²) in [7, 11) is 0. The number of ether oxygens (including phenoxy) is 1. The van der Waals surface area contributed by atoms with Crippen molar-refractivity contribution in [1.82, 2.24) is 9.88 Å². The second-order valence-corrected chi connectivity index (χ2v) is 5.10. The molecule has 1 fully saturated rings. The van der Waals surface area contributed by atoms with E-state index in [1.54, 1.807) is 17.0 Å². The molecule has 0 spiro atoms. The maximum absolute atomic E-state index is 12.4. The fourth-order valence-electron chi connectivity index (χ4n) is 2.38. The van der Waals surface area contributed by atoms with Crippen LogP contribution in [0.3, 0.4) is 0 Å². The quantitative estimate of drug-likeness (QED) is 0.895. The van der Waals surface area contributed by atoms with Crippen molar-refractivity contribution in [2.75, 3.05) is 19.7 Å². The van der Waals surface area contributed by atoms with Gasteiger partial charge >= 0.3 is 5.97 Å². The normalized spacial score (nSPS) is 18.5. The molecule has 1 aliphatic heterocycles. The number of carbonyl (C=O) groups is 2. The lowest BCUT2D eigenvalue weighted by atomic mass is 10.1. The minimum Gasteiger partial charge on any atom is -0.477 e. The van der Waals surface area contributed by atoms with E-state index < -0.39 is 5.97 Å². The number of hydrogen-bond donors (Lipinski definition) is 1. The number of aromatic carboxylic acids is 1. The first-order chi connectivity index (χ1) is 10.1. The minimum absolute atomic E-state index is 0.0605. The van der Waals surface area contributed by atoms with E-state index in [0.717, 1.165) is 19.3 Å². The number of piperidine rings is 1. The van der Waals surface area contributed by atoms with Crippen molar-refractivity contribution in [3.8, 4) is 0 Å². The van der Waals surface area contributed by atoms with Crippen molar-refractivity contribution in [1.29, 1.82) is 0 Å². The standard InChI is InChI=1S/C15H20N2O4/c1-2-9-21-11-5-4-8-17(10-11)14(18)12-6-3-7-13(16-12)15(19)20/h3,6-7,11H,2,4-5,8-10H2,1H3,(H,19,20). The molecule has 1 N–H and O–H groups in total. The fourth-order valence-corrected chi connectivity index (χ4v) is 2.38. The zero-order valence-corrected chi connectivity index (χ0v) is 12.1. The smallest absolute Gasteiger partial charge is 0.354 e. The molecule has 2 rings (SSSR count). The van der Waals surface area contributed by atoms with Crippen molar-refractivity contribution in [3.63, 3.8) is 0 Å². The van der Waals surface area contributed by atoms with Crippen LogP contribution in [0.15, 0.2) is 18.2 Å². The first-order valence-corrected chi connectivity index (χ1v) is 7.23. The molecule has 1 amide bonds. The van der Waals surface area contributed by atoms with Gasteiger partial charge in [0.05, 0.1) is 6.10 Å². The highest BCUT2D eigenvalue weighted by atomic mass is 16.5. The largest absolute Gasteiger partial charge is 0.477 e. The van der Waals surface area contributed by atoms with Crippen LogP contribution in [0.4, 0.5) is 0 Å². The van der Waals surface area contributed by atoms with E-state index in [0.29, 0.717) is 19.7 Å². The number of aromatic nitrogens is 1. The van der Waals surface area contributed by atoms with E-state index in [1.807, 2.05) is 6.92 Å². The third-order valence-corrected chi connectivity index (χ3v) is 3.41. The maximum atomic E-state index is 12.4. The molecular formula is C15H20N2O4. The number of nitrogens with zero attached hydrogens (tertiary/aromatic N) is 2. The van der Waals surface area contributed by atoms with Crippen LogP contribution in [-0.4, -0.2) is 52.7 Å². The predicted octanol–water partition coefficient (Wildman–Crippen LogP) is 1.81. The van der Waals surface area contributed by atoms with Crippen LogP contribution in [0.25, 0.3) is 0 Å². The van der Waals surface area contributed by atoms with Crippen molar-refractivity contribution >= 4 is 11.9 Å². The van der Waals surface area contributed by atoms with Crippen molar-refractivity contribution in [3.05, 3.63) is 29.6 Å². The number of amides is 1. The molecule has 0 radical (unpaired) electrons. The molecule has 6 nitrogen and oxygen atoms in total.